The van der Waals surface area contributed by atoms with E-state index in [4.69, 9.17) is 23.1 Å². The van der Waals surface area contributed by atoms with Crippen LogP contribution in [0.5, 0.6) is 0 Å². The maximum atomic E-state index is 12.2. The second-order valence-corrected chi connectivity index (χ2v) is 6.26. The van der Waals surface area contributed by atoms with Crippen LogP contribution in [0, 0.1) is 0 Å². The second kappa shape index (κ2) is 6.91. The summed E-state index contributed by atoms with van der Waals surface area (Å²) >= 11 is 5.78. The van der Waals surface area contributed by atoms with E-state index in [-0.39, 0.29) is 22.5 Å². The number of anilines is 2. The molecule has 0 spiro atoms. The van der Waals surface area contributed by atoms with Gasteiger partial charge in [0.15, 0.2) is 22.5 Å². The fourth-order valence-electron chi connectivity index (χ4n) is 2.00. The van der Waals surface area contributed by atoms with Crippen molar-refractivity contribution < 1.29 is 9.28 Å². The zero-order valence-corrected chi connectivity index (χ0v) is 13.7. The maximum absolute atomic E-state index is 12.2. The summed E-state index contributed by atoms with van der Waals surface area (Å²) in [6.07, 6.45) is 2.05. The van der Waals surface area contributed by atoms with Crippen LogP contribution in [0.1, 0.15) is 30.3 Å². The topological polar surface area (TPSA) is 107 Å². The summed E-state index contributed by atoms with van der Waals surface area (Å²) in [7, 11) is 6.29. The summed E-state index contributed by atoms with van der Waals surface area (Å²) in [5, 5.41) is 2.82. The van der Waals surface area contributed by atoms with Gasteiger partial charge in [-0.05, 0) is 0 Å². The number of carbonyl (C=O) groups is 1. The van der Waals surface area contributed by atoms with Crippen molar-refractivity contribution in [2.75, 3.05) is 39.2 Å². The number of amides is 1. The van der Waals surface area contributed by atoms with E-state index in [2.05, 4.69) is 43.4 Å². The number of hydrogen-bond acceptors (Lipinski definition) is 5. The van der Waals surface area contributed by atoms with Crippen molar-refractivity contribution >= 4 is 29.1 Å². The highest BCUT2D eigenvalue weighted by Gasteiger charge is 2.24. The molecule has 5 N–H and O–H groups in total. The van der Waals surface area contributed by atoms with Gasteiger partial charge in [-0.2, -0.15) is 0 Å². The lowest BCUT2D eigenvalue weighted by atomic mass is 10.1. The predicted molar refractivity (Wildman–Crippen MR) is 84.9 cm³/mol. The van der Waals surface area contributed by atoms with Gasteiger partial charge >= 0.3 is 0 Å². The molecule has 1 rings (SSSR count). The van der Waals surface area contributed by atoms with Crippen LogP contribution in [0.2, 0.25) is 5.15 Å². The van der Waals surface area contributed by atoms with Crippen LogP contribution < -0.4 is 16.8 Å². The Kier molecular flexibility index (Phi) is 5.74. The zero-order valence-electron chi connectivity index (χ0n) is 13.0. The third kappa shape index (κ3) is 4.71. The van der Waals surface area contributed by atoms with E-state index >= 15 is 0 Å². The van der Waals surface area contributed by atoms with E-state index in [1.807, 2.05) is 0 Å². The number of carbonyl (C=O) groups excluding carboxylic acids is 1. The van der Waals surface area contributed by atoms with Gasteiger partial charge in [-0.25, -0.2) is 9.97 Å². The molecular weight excluding hydrogens is 292 g/mol. The fraction of sp³-hybridized carbons (Fsp3) is 0.615. The molecule has 0 aliphatic carbocycles. The Hall–Kier alpha value is -1.60. The van der Waals surface area contributed by atoms with Gasteiger partial charge in [-0.3, -0.25) is 4.79 Å². The first-order chi connectivity index (χ1) is 9.66. The molecule has 0 saturated carbocycles. The van der Waals surface area contributed by atoms with Gasteiger partial charge < -0.3 is 21.3 Å². The lowest BCUT2D eigenvalue weighted by Gasteiger charge is -2.34. The Balaban J connectivity index is 2.80. The van der Waals surface area contributed by atoms with Crippen LogP contribution in [0.15, 0.2) is 0 Å². The Morgan fingerprint density at radius 3 is 2.43 bits per heavy atom. The summed E-state index contributed by atoms with van der Waals surface area (Å²) in [5.74, 6) is -0.399. The minimum Gasteiger partial charge on any atom is -0.382 e. The number of nitrogens with one attached hydrogen (secondary N) is 1. The third-order valence-corrected chi connectivity index (χ3v) is 3.61. The van der Waals surface area contributed by atoms with Crippen LogP contribution in [-0.4, -0.2) is 54.1 Å². The molecule has 0 aliphatic rings. The SMILES string of the molecule is CCC[C@@H](CNC(=O)c1nc(Cl)c(N)nc1N)[N+](C)(C)C. The van der Waals surface area contributed by atoms with E-state index in [9.17, 15) is 4.79 Å². The fourth-order valence-corrected chi connectivity index (χ4v) is 2.13. The van der Waals surface area contributed by atoms with E-state index < -0.39 is 5.91 Å². The van der Waals surface area contributed by atoms with Gasteiger partial charge in [0.25, 0.3) is 5.91 Å². The number of rotatable bonds is 6. The summed E-state index contributed by atoms with van der Waals surface area (Å²) in [6.45, 7) is 2.65. The molecule has 0 bridgehead atoms. The monoisotopic (exact) mass is 315 g/mol. The molecule has 1 aromatic rings. The summed E-state index contributed by atoms with van der Waals surface area (Å²) in [6, 6.07) is 0.303. The van der Waals surface area contributed by atoms with E-state index in [0.717, 1.165) is 17.3 Å². The molecule has 0 radical (unpaired) electrons. The van der Waals surface area contributed by atoms with Gasteiger partial charge in [0, 0.05) is 6.42 Å². The second-order valence-electron chi connectivity index (χ2n) is 5.90. The highest BCUT2D eigenvalue weighted by atomic mass is 35.5. The smallest absolute Gasteiger partial charge is 0.274 e. The molecule has 0 unspecified atom stereocenters. The number of hydrogen-bond donors (Lipinski definition) is 3. The highest BCUT2D eigenvalue weighted by molar-refractivity contribution is 6.31. The lowest BCUT2D eigenvalue weighted by Crippen LogP contribution is -2.51. The van der Waals surface area contributed by atoms with Crippen molar-refractivity contribution in [2.24, 2.45) is 0 Å². The minimum absolute atomic E-state index is 0.00542. The molecule has 7 nitrogen and oxygen atoms in total. The molecule has 0 aliphatic heterocycles. The minimum atomic E-state index is -0.392. The molecule has 118 valence electrons. The zero-order chi connectivity index (χ0) is 16.2. The van der Waals surface area contributed by atoms with Crippen LogP contribution in [0.4, 0.5) is 11.6 Å². The summed E-state index contributed by atoms with van der Waals surface area (Å²) in [5.41, 5.74) is 11.2. The molecule has 1 heterocycles. The van der Waals surface area contributed by atoms with E-state index in [1.54, 1.807) is 0 Å². The maximum Gasteiger partial charge on any atom is 0.274 e. The summed E-state index contributed by atoms with van der Waals surface area (Å²) < 4.78 is 0.762. The number of halogens is 1. The van der Waals surface area contributed by atoms with Gasteiger partial charge in [0.05, 0.1) is 27.7 Å². The molecule has 1 atom stereocenters. The molecule has 21 heavy (non-hydrogen) atoms. The van der Waals surface area contributed by atoms with Gasteiger partial charge in [0.2, 0.25) is 0 Å². The quantitative estimate of drug-likeness (QED) is 0.676. The van der Waals surface area contributed by atoms with Crippen molar-refractivity contribution in [1.29, 1.82) is 0 Å². The van der Waals surface area contributed by atoms with Gasteiger partial charge in [-0.15, -0.1) is 0 Å². The van der Waals surface area contributed by atoms with E-state index in [0.29, 0.717) is 12.6 Å². The first-order valence-corrected chi connectivity index (χ1v) is 7.22. The number of aromatic nitrogens is 2. The highest BCUT2D eigenvalue weighted by Crippen LogP contribution is 2.17. The first kappa shape index (κ1) is 17.5. The average Bonchev–Trinajstić information content (AvgIpc) is 2.37. The number of quaternary nitrogens is 1. The molecule has 1 aromatic heterocycles. The molecule has 0 fully saturated rings. The van der Waals surface area contributed by atoms with Crippen molar-refractivity contribution in [2.45, 2.75) is 25.8 Å². The Labute approximate surface area is 130 Å². The Bertz CT molecular complexity index is 514. The molecule has 8 heteroatoms. The van der Waals surface area contributed by atoms with Crippen LogP contribution in [-0.2, 0) is 0 Å². The van der Waals surface area contributed by atoms with Crippen LogP contribution >= 0.6 is 11.6 Å². The standard InChI is InChI=1S/C13H23ClN6O/c1-5-6-8(20(2,3)4)7-17-13(21)9-11(15)19-12(16)10(14)18-9/h8H,5-7H2,1-4H3,(H4-,15,16,17,19,21)/p+1/t8-/m0/s1. The van der Waals surface area contributed by atoms with Crippen LogP contribution in [0.25, 0.3) is 0 Å². The molecular formula is C13H24ClN6O+. The molecule has 0 saturated heterocycles. The average molecular weight is 316 g/mol. The third-order valence-electron chi connectivity index (χ3n) is 3.34. The summed E-state index contributed by atoms with van der Waals surface area (Å²) in [4.78, 5) is 19.9. The number of nitrogens with two attached hydrogens (primary N) is 2. The molecule has 0 aromatic carbocycles. The van der Waals surface area contributed by atoms with Crippen molar-refractivity contribution in [1.82, 2.24) is 15.3 Å². The Morgan fingerprint density at radius 1 is 1.29 bits per heavy atom. The normalized spacial score (nSPS) is 13.0. The number of nitrogens with zero attached hydrogens (tertiary/aromatic N) is 3. The first-order valence-electron chi connectivity index (χ1n) is 6.84. The van der Waals surface area contributed by atoms with Crippen LogP contribution in [0.3, 0.4) is 0 Å². The van der Waals surface area contributed by atoms with Crippen molar-refractivity contribution in [3.63, 3.8) is 0 Å². The van der Waals surface area contributed by atoms with E-state index in [1.165, 1.54) is 0 Å². The van der Waals surface area contributed by atoms with Crippen molar-refractivity contribution in [3.8, 4) is 0 Å². The van der Waals surface area contributed by atoms with Crippen molar-refractivity contribution in [3.05, 3.63) is 10.8 Å². The largest absolute Gasteiger partial charge is 0.382 e. The molecule has 1 amide bonds. The van der Waals surface area contributed by atoms with Gasteiger partial charge in [0.1, 0.15) is 6.04 Å². The predicted octanol–water partition coefficient (Wildman–Crippen LogP) is 0.899. The Morgan fingerprint density at radius 2 is 1.90 bits per heavy atom. The lowest BCUT2D eigenvalue weighted by molar-refractivity contribution is -0.895. The number of likely N-dealkylation sites (N-methyl/N-ethyl adjacent to an activating group) is 1. The van der Waals surface area contributed by atoms with Gasteiger partial charge in [-0.1, -0.05) is 24.9 Å². The number of nitrogen functional groups attached to an aromatic ring is 2.